The lowest BCUT2D eigenvalue weighted by atomic mass is 10.1. The maximum absolute atomic E-state index is 11.0. The van der Waals surface area contributed by atoms with E-state index in [2.05, 4.69) is 12.2 Å². The molecular formula is C15H31NOS. The summed E-state index contributed by atoms with van der Waals surface area (Å²) in [5, 5.41) is 2.90. The Labute approximate surface area is 118 Å². The van der Waals surface area contributed by atoms with Gasteiger partial charge in [-0.25, -0.2) is 0 Å². The lowest BCUT2D eigenvalue weighted by molar-refractivity contribution is -0.120. The molecule has 0 aliphatic carbocycles. The topological polar surface area (TPSA) is 29.1 Å². The van der Waals surface area contributed by atoms with Crippen LogP contribution in [0.1, 0.15) is 71.6 Å². The maximum atomic E-state index is 11.0. The number of carbonyl (C=O) groups is 1. The summed E-state index contributed by atoms with van der Waals surface area (Å²) in [6, 6.07) is 0. The van der Waals surface area contributed by atoms with E-state index in [0.29, 0.717) is 6.42 Å². The predicted molar refractivity (Wildman–Crippen MR) is 83.2 cm³/mol. The first-order chi connectivity index (χ1) is 8.81. The van der Waals surface area contributed by atoms with Crippen LogP contribution in [0.15, 0.2) is 0 Å². The SMILES string of the molecule is CCCCCCCCCCSCCNC(=O)CC. The fraction of sp³-hybridized carbons (Fsp3) is 0.933. The van der Waals surface area contributed by atoms with Crippen molar-refractivity contribution in [1.82, 2.24) is 5.32 Å². The monoisotopic (exact) mass is 273 g/mol. The Morgan fingerprint density at radius 2 is 1.50 bits per heavy atom. The van der Waals surface area contributed by atoms with Gasteiger partial charge in [0.05, 0.1) is 0 Å². The van der Waals surface area contributed by atoms with Crippen LogP contribution in [0.2, 0.25) is 0 Å². The van der Waals surface area contributed by atoms with Gasteiger partial charge in [0.15, 0.2) is 0 Å². The van der Waals surface area contributed by atoms with Gasteiger partial charge in [-0.15, -0.1) is 0 Å². The third-order valence-corrected chi connectivity index (χ3v) is 4.10. The van der Waals surface area contributed by atoms with E-state index in [9.17, 15) is 4.79 Å². The van der Waals surface area contributed by atoms with Crippen LogP contribution in [0, 0.1) is 0 Å². The normalized spacial score (nSPS) is 10.6. The second kappa shape index (κ2) is 14.9. The lowest BCUT2D eigenvalue weighted by Crippen LogP contribution is -2.24. The average molecular weight is 273 g/mol. The van der Waals surface area contributed by atoms with E-state index in [4.69, 9.17) is 0 Å². The molecule has 0 unspecified atom stereocenters. The fourth-order valence-corrected chi connectivity index (χ4v) is 2.69. The number of hydrogen-bond donors (Lipinski definition) is 1. The van der Waals surface area contributed by atoms with Crippen LogP contribution < -0.4 is 5.32 Å². The number of carbonyl (C=O) groups excluding carboxylic acids is 1. The molecule has 3 heteroatoms. The van der Waals surface area contributed by atoms with E-state index in [0.717, 1.165) is 12.3 Å². The lowest BCUT2D eigenvalue weighted by Gasteiger charge is -2.04. The molecule has 108 valence electrons. The highest BCUT2D eigenvalue weighted by Crippen LogP contribution is 2.10. The predicted octanol–water partition coefficient (Wildman–Crippen LogP) is 4.39. The summed E-state index contributed by atoms with van der Waals surface area (Å²) in [5.74, 6) is 2.47. The van der Waals surface area contributed by atoms with Gasteiger partial charge in [0, 0.05) is 18.7 Å². The summed E-state index contributed by atoms with van der Waals surface area (Å²) in [4.78, 5) is 11.0. The smallest absolute Gasteiger partial charge is 0.219 e. The Hall–Kier alpha value is -0.180. The Balaban J connectivity index is 2.97. The standard InChI is InChI=1S/C15H31NOS/c1-3-5-6-7-8-9-10-11-13-18-14-12-16-15(17)4-2/h3-14H2,1-2H3,(H,16,17). The van der Waals surface area contributed by atoms with Crippen LogP contribution in [-0.2, 0) is 4.79 Å². The number of unbranched alkanes of at least 4 members (excludes halogenated alkanes) is 7. The van der Waals surface area contributed by atoms with Crippen LogP contribution in [0.3, 0.4) is 0 Å². The molecule has 0 fully saturated rings. The molecule has 0 aromatic rings. The van der Waals surface area contributed by atoms with Crippen LogP contribution >= 0.6 is 11.8 Å². The van der Waals surface area contributed by atoms with Crippen molar-refractivity contribution in [3.05, 3.63) is 0 Å². The van der Waals surface area contributed by atoms with Crippen LogP contribution in [0.4, 0.5) is 0 Å². The van der Waals surface area contributed by atoms with E-state index in [1.807, 2.05) is 18.7 Å². The second-order valence-corrected chi connectivity index (χ2v) is 6.02. The molecule has 0 aliphatic rings. The molecule has 18 heavy (non-hydrogen) atoms. The summed E-state index contributed by atoms with van der Waals surface area (Å²) in [7, 11) is 0. The van der Waals surface area contributed by atoms with Crippen molar-refractivity contribution in [2.24, 2.45) is 0 Å². The Kier molecular flexibility index (Phi) is 14.7. The zero-order chi connectivity index (χ0) is 13.5. The first-order valence-corrected chi connectivity index (χ1v) is 8.81. The van der Waals surface area contributed by atoms with Gasteiger partial charge >= 0.3 is 0 Å². The van der Waals surface area contributed by atoms with Gasteiger partial charge in [-0.2, -0.15) is 11.8 Å². The molecular weight excluding hydrogens is 242 g/mol. The number of hydrogen-bond acceptors (Lipinski definition) is 2. The van der Waals surface area contributed by atoms with Gasteiger partial charge in [0.25, 0.3) is 0 Å². The zero-order valence-corrected chi connectivity index (χ0v) is 13.1. The van der Waals surface area contributed by atoms with Crippen molar-refractivity contribution < 1.29 is 4.79 Å². The van der Waals surface area contributed by atoms with Crippen molar-refractivity contribution >= 4 is 17.7 Å². The highest BCUT2D eigenvalue weighted by Gasteiger charge is 1.95. The first kappa shape index (κ1) is 17.8. The van der Waals surface area contributed by atoms with E-state index in [-0.39, 0.29) is 5.91 Å². The van der Waals surface area contributed by atoms with Gasteiger partial charge in [0.2, 0.25) is 5.91 Å². The van der Waals surface area contributed by atoms with E-state index in [1.165, 1.54) is 57.1 Å². The number of amides is 1. The van der Waals surface area contributed by atoms with Gasteiger partial charge in [-0.1, -0.05) is 58.8 Å². The van der Waals surface area contributed by atoms with Crippen molar-refractivity contribution in [1.29, 1.82) is 0 Å². The summed E-state index contributed by atoms with van der Waals surface area (Å²) < 4.78 is 0. The number of thioether (sulfide) groups is 1. The molecule has 0 aromatic carbocycles. The minimum absolute atomic E-state index is 0.169. The van der Waals surface area contributed by atoms with E-state index >= 15 is 0 Å². The Bertz CT molecular complexity index is 185. The summed E-state index contributed by atoms with van der Waals surface area (Å²) >= 11 is 1.96. The second-order valence-electron chi connectivity index (χ2n) is 4.79. The van der Waals surface area contributed by atoms with Crippen molar-refractivity contribution in [2.45, 2.75) is 71.6 Å². The maximum Gasteiger partial charge on any atom is 0.219 e. The van der Waals surface area contributed by atoms with Crippen LogP contribution in [0.25, 0.3) is 0 Å². The third kappa shape index (κ3) is 13.9. The largest absolute Gasteiger partial charge is 0.355 e. The number of rotatable bonds is 13. The third-order valence-electron chi connectivity index (χ3n) is 3.03. The molecule has 0 heterocycles. The zero-order valence-electron chi connectivity index (χ0n) is 12.3. The molecule has 0 atom stereocenters. The Morgan fingerprint density at radius 1 is 0.889 bits per heavy atom. The molecule has 1 amide bonds. The molecule has 0 bridgehead atoms. The Morgan fingerprint density at radius 3 is 2.11 bits per heavy atom. The molecule has 0 saturated heterocycles. The highest BCUT2D eigenvalue weighted by atomic mass is 32.2. The number of nitrogens with one attached hydrogen (secondary N) is 1. The van der Waals surface area contributed by atoms with E-state index in [1.54, 1.807) is 0 Å². The van der Waals surface area contributed by atoms with Crippen molar-refractivity contribution in [3.8, 4) is 0 Å². The van der Waals surface area contributed by atoms with Gasteiger partial charge in [0.1, 0.15) is 0 Å². The molecule has 1 N–H and O–H groups in total. The van der Waals surface area contributed by atoms with Crippen molar-refractivity contribution in [3.63, 3.8) is 0 Å². The average Bonchev–Trinajstić information content (AvgIpc) is 2.39. The fourth-order valence-electron chi connectivity index (χ4n) is 1.83. The quantitative estimate of drug-likeness (QED) is 0.504. The molecule has 0 radical (unpaired) electrons. The van der Waals surface area contributed by atoms with Gasteiger partial charge in [-0.3, -0.25) is 4.79 Å². The minimum atomic E-state index is 0.169. The van der Waals surface area contributed by atoms with Crippen molar-refractivity contribution in [2.75, 3.05) is 18.1 Å². The molecule has 0 saturated carbocycles. The van der Waals surface area contributed by atoms with E-state index < -0.39 is 0 Å². The molecule has 0 spiro atoms. The first-order valence-electron chi connectivity index (χ1n) is 7.65. The molecule has 0 aromatic heterocycles. The van der Waals surface area contributed by atoms with Crippen LogP contribution in [-0.4, -0.2) is 24.0 Å². The molecule has 0 rings (SSSR count). The highest BCUT2D eigenvalue weighted by molar-refractivity contribution is 7.99. The molecule has 0 aliphatic heterocycles. The van der Waals surface area contributed by atoms with Gasteiger partial charge in [-0.05, 0) is 12.2 Å². The molecule has 2 nitrogen and oxygen atoms in total. The summed E-state index contributed by atoms with van der Waals surface area (Å²) in [6.07, 6.45) is 11.7. The summed E-state index contributed by atoms with van der Waals surface area (Å²) in [5.41, 5.74) is 0. The minimum Gasteiger partial charge on any atom is -0.355 e. The van der Waals surface area contributed by atoms with Crippen LogP contribution in [0.5, 0.6) is 0 Å². The summed E-state index contributed by atoms with van der Waals surface area (Å²) in [6.45, 7) is 4.98. The van der Waals surface area contributed by atoms with Gasteiger partial charge < -0.3 is 5.32 Å².